The molecule has 0 radical (unpaired) electrons. The smallest absolute Gasteiger partial charge is 0.504 e. The highest BCUT2D eigenvalue weighted by Crippen LogP contribution is 2.36. The van der Waals surface area contributed by atoms with Gasteiger partial charge in [0.15, 0.2) is 0 Å². The van der Waals surface area contributed by atoms with E-state index in [0.29, 0.717) is 5.75 Å². The highest BCUT2D eigenvalue weighted by atomic mass is 16.5. The quantitative estimate of drug-likeness (QED) is 0.327. The minimum Gasteiger partial charge on any atom is -0.539 e. The summed E-state index contributed by atoms with van der Waals surface area (Å²) >= 11 is 0. The van der Waals surface area contributed by atoms with Crippen LogP contribution in [0, 0.1) is 0 Å². The minimum absolute atomic E-state index is 0.352. The van der Waals surface area contributed by atoms with Crippen LogP contribution in [0.4, 0.5) is 0 Å². The van der Waals surface area contributed by atoms with Gasteiger partial charge in [0.2, 0.25) is 0 Å². The molecule has 0 aliphatic carbocycles. The largest absolute Gasteiger partial charge is 0.539 e. The Bertz CT molecular complexity index is 1550. The molecule has 0 spiro atoms. The topological polar surface area (TPSA) is 47.3 Å². The van der Waals surface area contributed by atoms with Crippen molar-refractivity contribution in [1.29, 1.82) is 0 Å². The van der Waals surface area contributed by atoms with Crippen molar-refractivity contribution >= 4 is 29.5 Å². The van der Waals surface area contributed by atoms with E-state index in [-0.39, 0.29) is 7.69 Å². The number of nitrogens with zero attached hydrogens (tertiary/aromatic N) is 2. The average Bonchev–Trinajstić information content (AvgIpc) is 3.23. The SMILES string of the molecule is OBOc1ccc2c(c1)c1ccccc1n2-c1cc(-c2ccccc2)nc(-c2ccccc2)c1. The Kier molecular flexibility index (Phi) is 5.09. The molecule has 0 aliphatic rings. The van der Waals surface area contributed by atoms with E-state index in [1.807, 2.05) is 60.7 Å². The predicted molar refractivity (Wildman–Crippen MR) is 139 cm³/mol. The molecule has 5 heteroatoms. The number of hydrogen-bond donors (Lipinski definition) is 1. The summed E-state index contributed by atoms with van der Waals surface area (Å²) in [5.41, 5.74) is 7.18. The van der Waals surface area contributed by atoms with Crippen molar-refractivity contribution in [2.75, 3.05) is 0 Å². The molecule has 0 saturated heterocycles. The lowest BCUT2D eigenvalue weighted by molar-refractivity contribution is 0.454. The number of pyridine rings is 1. The third-order valence-electron chi connectivity index (χ3n) is 6.08. The number of rotatable bonds is 5. The highest BCUT2D eigenvalue weighted by Gasteiger charge is 2.15. The van der Waals surface area contributed by atoms with Gasteiger partial charge in [-0.15, -0.1) is 0 Å². The number of benzene rings is 4. The van der Waals surface area contributed by atoms with E-state index in [9.17, 15) is 5.02 Å². The maximum atomic E-state index is 9.23. The van der Waals surface area contributed by atoms with E-state index in [0.717, 1.165) is 50.0 Å². The average molecular weight is 440 g/mol. The van der Waals surface area contributed by atoms with Crippen molar-refractivity contribution < 1.29 is 9.68 Å². The van der Waals surface area contributed by atoms with Gasteiger partial charge >= 0.3 is 7.69 Å². The van der Waals surface area contributed by atoms with Crippen molar-refractivity contribution in [1.82, 2.24) is 9.55 Å². The monoisotopic (exact) mass is 440 g/mol. The fraction of sp³-hybridized carbons (Fsp3) is 0. The Morgan fingerprint density at radius 3 is 1.85 bits per heavy atom. The van der Waals surface area contributed by atoms with Gasteiger partial charge in [-0.1, -0.05) is 78.9 Å². The van der Waals surface area contributed by atoms with Crippen LogP contribution in [0.25, 0.3) is 50.0 Å². The Morgan fingerprint density at radius 2 is 1.21 bits per heavy atom. The van der Waals surface area contributed by atoms with Crippen LogP contribution in [0.5, 0.6) is 5.75 Å². The normalized spacial score (nSPS) is 11.1. The summed E-state index contributed by atoms with van der Waals surface area (Å²) in [5.74, 6) is 0.641. The zero-order valence-corrected chi connectivity index (χ0v) is 18.4. The summed E-state index contributed by atoms with van der Waals surface area (Å²) in [6.45, 7) is 0. The first-order valence-electron chi connectivity index (χ1n) is 11.2. The van der Waals surface area contributed by atoms with E-state index in [4.69, 9.17) is 9.64 Å². The van der Waals surface area contributed by atoms with Gasteiger partial charge < -0.3 is 14.2 Å². The maximum absolute atomic E-state index is 9.23. The standard InChI is InChI=1S/C29H21BN2O2/c33-30-34-23-15-16-29-25(19-23)24-13-7-8-14-28(24)32(29)22-17-26(20-9-3-1-4-10-20)31-27(18-22)21-11-5-2-6-12-21/h1-19,30,33H. The molecule has 0 atom stereocenters. The van der Waals surface area contributed by atoms with Gasteiger partial charge in [-0.05, 0) is 36.4 Å². The second kappa shape index (κ2) is 8.54. The molecule has 34 heavy (non-hydrogen) atoms. The lowest BCUT2D eigenvalue weighted by atomic mass is 10.1. The van der Waals surface area contributed by atoms with E-state index in [1.165, 1.54) is 0 Å². The first-order valence-corrected chi connectivity index (χ1v) is 11.2. The molecule has 4 nitrogen and oxygen atoms in total. The van der Waals surface area contributed by atoms with Crippen LogP contribution in [0.15, 0.2) is 115 Å². The third kappa shape index (κ3) is 3.53. The van der Waals surface area contributed by atoms with Gasteiger partial charge in [-0.2, -0.15) is 0 Å². The number of fused-ring (bicyclic) bond motifs is 3. The second-order valence-electron chi connectivity index (χ2n) is 8.13. The van der Waals surface area contributed by atoms with Gasteiger partial charge in [0.25, 0.3) is 0 Å². The fourth-order valence-electron chi connectivity index (χ4n) is 4.55. The van der Waals surface area contributed by atoms with Crippen LogP contribution >= 0.6 is 0 Å². The summed E-state index contributed by atoms with van der Waals surface area (Å²) < 4.78 is 7.64. The lowest BCUT2D eigenvalue weighted by Crippen LogP contribution is -2.00. The second-order valence-corrected chi connectivity index (χ2v) is 8.13. The molecule has 6 aromatic rings. The van der Waals surface area contributed by atoms with Crippen molar-refractivity contribution in [2.45, 2.75) is 0 Å². The van der Waals surface area contributed by atoms with E-state index >= 15 is 0 Å². The molecule has 0 amide bonds. The molecule has 1 N–H and O–H groups in total. The molecular formula is C29H21BN2O2. The van der Waals surface area contributed by atoms with E-state index in [2.05, 4.69) is 59.2 Å². The third-order valence-corrected chi connectivity index (χ3v) is 6.08. The minimum atomic E-state index is -0.352. The van der Waals surface area contributed by atoms with Gasteiger partial charge in [-0.25, -0.2) is 4.98 Å². The summed E-state index contributed by atoms with van der Waals surface area (Å²) in [6, 6.07) is 39.1. The van der Waals surface area contributed by atoms with Crippen LogP contribution in [0.2, 0.25) is 0 Å². The van der Waals surface area contributed by atoms with Gasteiger partial charge in [0.05, 0.1) is 28.1 Å². The Balaban J connectivity index is 1.66. The van der Waals surface area contributed by atoms with E-state index < -0.39 is 0 Å². The molecule has 0 fully saturated rings. The Labute approximate surface area is 198 Å². The molecule has 0 unspecified atom stereocenters. The molecule has 0 aliphatic heterocycles. The highest BCUT2D eigenvalue weighted by molar-refractivity contribution is 6.17. The predicted octanol–water partition coefficient (Wildman–Crippen LogP) is 6.15. The Morgan fingerprint density at radius 1 is 0.618 bits per heavy atom. The van der Waals surface area contributed by atoms with Crippen molar-refractivity contribution in [2.24, 2.45) is 0 Å². The molecule has 2 aromatic heterocycles. The summed E-state index contributed by atoms with van der Waals surface area (Å²) in [4.78, 5) is 5.02. The van der Waals surface area contributed by atoms with Crippen LogP contribution < -0.4 is 4.65 Å². The number of hydrogen-bond acceptors (Lipinski definition) is 3. The first-order chi connectivity index (χ1) is 16.8. The zero-order valence-electron chi connectivity index (χ0n) is 18.4. The van der Waals surface area contributed by atoms with Crippen molar-refractivity contribution in [3.8, 4) is 34.0 Å². The lowest BCUT2D eigenvalue weighted by Gasteiger charge is -2.13. The summed E-state index contributed by atoms with van der Waals surface area (Å²) in [7, 11) is -0.352. The van der Waals surface area contributed by atoms with Crippen LogP contribution in [0.3, 0.4) is 0 Å². The van der Waals surface area contributed by atoms with Gasteiger partial charge in [0, 0.05) is 21.9 Å². The number of para-hydroxylation sites is 1. The molecule has 6 rings (SSSR count). The first kappa shape index (κ1) is 20.3. The van der Waals surface area contributed by atoms with Crippen molar-refractivity contribution in [3.05, 3.63) is 115 Å². The zero-order chi connectivity index (χ0) is 22.9. The summed E-state index contributed by atoms with van der Waals surface area (Å²) in [6.07, 6.45) is 0. The van der Waals surface area contributed by atoms with Gasteiger partial charge in [-0.3, -0.25) is 0 Å². The van der Waals surface area contributed by atoms with E-state index in [1.54, 1.807) is 0 Å². The molecule has 0 bridgehead atoms. The molecule has 0 saturated carbocycles. The summed E-state index contributed by atoms with van der Waals surface area (Å²) in [5, 5.41) is 11.4. The number of aromatic nitrogens is 2. The molecule has 4 aromatic carbocycles. The van der Waals surface area contributed by atoms with Crippen LogP contribution in [-0.4, -0.2) is 22.3 Å². The Hall–Kier alpha value is -4.35. The van der Waals surface area contributed by atoms with Crippen LogP contribution in [-0.2, 0) is 0 Å². The fourth-order valence-corrected chi connectivity index (χ4v) is 4.55. The van der Waals surface area contributed by atoms with Gasteiger partial charge in [0.1, 0.15) is 5.75 Å². The molecular weight excluding hydrogens is 419 g/mol. The molecule has 162 valence electrons. The van der Waals surface area contributed by atoms with Crippen LogP contribution in [0.1, 0.15) is 0 Å². The molecule has 2 heterocycles. The maximum Gasteiger partial charge on any atom is 0.504 e. The van der Waals surface area contributed by atoms with Crippen molar-refractivity contribution in [3.63, 3.8) is 0 Å².